The first-order valence-corrected chi connectivity index (χ1v) is 10.6. The van der Waals surface area contributed by atoms with Gasteiger partial charge in [0.2, 0.25) is 0 Å². The number of rotatable bonds is 3. The Morgan fingerprint density at radius 2 is 1.79 bits per heavy atom. The highest BCUT2D eigenvalue weighted by Gasteiger charge is 2.13. The molecule has 0 bridgehead atoms. The number of hydrogen-bond acceptors (Lipinski definition) is 6. The maximum absolute atomic E-state index is 10.9. The number of fused-ring (bicyclic) bond motifs is 1. The molecule has 0 spiro atoms. The quantitative estimate of drug-likeness (QED) is 0.418. The minimum Gasteiger partial charge on any atom is -0.476 e. The molecule has 4 aromatic rings. The van der Waals surface area contributed by atoms with Crippen LogP contribution in [0.3, 0.4) is 0 Å². The zero-order valence-electron chi connectivity index (χ0n) is 15.4. The van der Waals surface area contributed by atoms with Crippen molar-refractivity contribution in [2.45, 2.75) is 18.7 Å². The Morgan fingerprint density at radius 3 is 2.34 bits per heavy atom. The lowest BCUT2D eigenvalue weighted by Gasteiger charge is -1.96. The van der Waals surface area contributed by atoms with E-state index in [1.165, 1.54) is 12.1 Å². The van der Waals surface area contributed by atoms with Crippen molar-refractivity contribution in [2.24, 2.45) is 0 Å². The van der Waals surface area contributed by atoms with Gasteiger partial charge in [-0.05, 0) is 38.1 Å². The van der Waals surface area contributed by atoms with Crippen LogP contribution in [0.5, 0.6) is 0 Å². The van der Waals surface area contributed by atoms with Crippen LogP contribution in [0.4, 0.5) is 0 Å². The molecule has 0 radical (unpaired) electrons. The molecule has 0 atom stereocenters. The number of aromatic nitrogens is 3. The Hall–Kier alpha value is -3.08. The molecule has 0 fully saturated rings. The molecule has 0 aliphatic rings. The number of aromatic carboxylic acids is 1. The van der Waals surface area contributed by atoms with Gasteiger partial charge in [-0.1, -0.05) is 23.8 Å². The van der Waals surface area contributed by atoms with E-state index in [0.29, 0.717) is 10.9 Å². The third-order valence-corrected chi connectivity index (χ3v) is 5.83. The van der Waals surface area contributed by atoms with Gasteiger partial charge in [-0.2, -0.15) is 13.5 Å². The predicted molar refractivity (Wildman–Crippen MR) is 110 cm³/mol. The van der Waals surface area contributed by atoms with Crippen molar-refractivity contribution in [1.29, 1.82) is 0 Å². The number of nitrogens with one attached hydrogen (secondary N) is 1. The molecule has 10 heteroatoms. The Morgan fingerprint density at radius 1 is 1.10 bits per heavy atom. The molecule has 150 valence electrons. The van der Waals surface area contributed by atoms with Gasteiger partial charge in [-0.25, -0.2) is 9.78 Å². The Labute approximate surface area is 170 Å². The van der Waals surface area contributed by atoms with Crippen LogP contribution in [0.2, 0.25) is 0 Å². The van der Waals surface area contributed by atoms with Crippen LogP contribution >= 0.6 is 11.3 Å². The molecule has 3 N–H and O–H groups in total. The summed E-state index contributed by atoms with van der Waals surface area (Å²) in [6.07, 6.45) is 0. The van der Waals surface area contributed by atoms with Crippen LogP contribution in [-0.2, 0) is 10.1 Å². The van der Waals surface area contributed by atoms with E-state index >= 15 is 0 Å². The first kappa shape index (κ1) is 20.6. The van der Waals surface area contributed by atoms with Crippen LogP contribution in [0, 0.1) is 13.8 Å². The Balaban J connectivity index is 0.000000188. The normalized spacial score (nSPS) is 11.1. The molecule has 0 saturated heterocycles. The largest absolute Gasteiger partial charge is 0.476 e. The Kier molecular flexibility index (Phi) is 5.78. The summed E-state index contributed by atoms with van der Waals surface area (Å²) in [5, 5.41) is 19.0. The van der Waals surface area contributed by atoms with Crippen molar-refractivity contribution in [3.8, 4) is 10.6 Å². The number of H-pyrrole nitrogens is 1. The van der Waals surface area contributed by atoms with Crippen LogP contribution < -0.4 is 0 Å². The maximum atomic E-state index is 10.9. The van der Waals surface area contributed by atoms with Gasteiger partial charge in [-0.3, -0.25) is 9.65 Å². The van der Waals surface area contributed by atoms with Crippen molar-refractivity contribution >= 4 is 38.3 Å². The molecule has 0 aliphatic carbocycles. The average Bonchev–Trinajstić information content (AvgIpc) is 3.27. The molecule has 0 saturated carbocycles. The van der Waals surface area contributed by atoms with Gasteiger partial charge < -0.3 is 5.11 Å². The number of carbonyl (C=O) groups is 1. The van der Waals surface area contributed by atoms with E-state index in [-0.39, 0.29) is 10.6 Å². The maximum Gasteiger partial charge on any atom is 0.357 e. The second kappa shape index (κ2) is 8.11. The standard InChI is InChI=1S/C12H9N3O2S.C7H8O3S/c1-6-5-18-11(13-6)7-2-3-8-9(4-7)14-15-10(8)12(16)17;1-6-2-4-7(5-3-6)11(8,9)10/h2-5H,1H3,(H,14,15)(H,16,17);2-5H,1H3,(H,8,9,10). The fourth-order valence-corrected chi connectivity index (χ4v) is 3.79. The van der Waals surface area contributed by atoms with Crippen molar-refractivity contribution < 1.29 is 22.9 Å². The summed E-state index contributed by atoms with van der Waals surface area (Å²) in [5.41, 5.74) is 3.65. The van der Waals surface area contributed by atoms with Gasteiger partial charge >= 0.3 is 5.97 Å². The number of hydrogen-bond donors (Lipinski definition) is 3. The monoisotopic (exact) mass is 431 g/mol. The van der Waals surface area contributed by atoms with Gasteiger partial charge in [-0.15, -0.1) is 11.3 Å². The lowest BCUT2D eigenvalue weighted by Crippen LogP contribution is -1.96. The number of carboxylic acid groups (broad SMARTS) is 1. The number of thiazole rings is 1. The number of aromatic amines is 1. The van der Waals surface area contributed by atoms with E-state index in [1.54, 1.807) is 29.5 Å². The number of carboxylic acids is 1. The molecule has 0 unspecified atom stereocenters. The summed E-state index contributed by atoms with van der Waals surface area (Å²) in [5.74, 6) is -1.03. The summed E-state index contributed by atoms with van der Waals surface area (Å²) in [6, 6.07) is 11.5. The van der Waals surface area contributed by atoms with E-state index in [1.807, 2.05) is 31.4 Å². The third kappa shape index (κ3) is 4.86. The zero-order valence-corrected chi connectivity index (χ0v) is 17.1. The molecule has 2 heterocycles. The van der Waals surface area contributed by atoms with Gasteiger partial charge in [0.25, 0.3) is 10.1 Å². The van der Waals surface area contributed by atoms with E-state index in [0.717, 1.165) is 21.8 Å². The van der Waals surface area contributed by atoms with Crippen molar-refractivity contribution in [3.63, 3.8) is 0 Å². The van der Waals surface area contributed by atoms with Crippen LogP contribution in [0.1, 0.15) is 21.7 Å². The van der Waals surface area contributed by atoms with Gasteiger partial charge in [0.1, 0.15) is 5.01 Å². The van der Waals surface area contributed by atoms with Gasteiger partial charge in [0, 0.05) is 22.0 Å². The molecular formula is C19H17N3O5S2. The van der Waals surface area contributed by atoms with Crippen molar-refractivity contribution in [1.82, 2.24) is 15.2 Å². The molecule has 2 aromatic carbocycles. The lowest BCUT2D eigenvalue weighted by atomic mass is 10.1. The highest BCUT2D eigenvalue weighted by atomic mass is 32.2. The predicted octanol–water partition coefficient (Wildman–Crippen LogP) is 3.93. The first-order valence-electron chi connectivity index (χ1n) is 8.33. The van der Waals surface area contributed by atoms with E-state index in [4.69, 9.17) is 9.66 Å². The SMILES string of the molecule is Cc1ccc(S(=O)(=O)O)cc1.Cc1csc(-c2ccc3c(C(=O)O)n[nH]c3c2)n1. The minimum atomic E-state index is -4.02. The number of benzene rings is 2. The highest BCUT2D eigenvalue weighted by Crippen LogP contribution is 2.27. The van der Waals surface area contributed by atoms with Gasteiger partial charge in [0.05, 0.1) is 10.4 Å². The number of nitrogens with zero attached hydrogens (tertiary/aromatic N) is 2. The van der Waals surface area contributed by atoms with Crippen LogP contribution in [0.15, 0.2) is 52.7 Å². The lowest BCUT2D eigenvalue weighted by molar-refractivity contribution is 0.0692. The van der Waals surface area contributed by atoms with Crippen LogP contribution in [-0.4, -0.2) is 39.2 Å². The molecule has 8 nitrogen and oxygen atoms in total. The van der Waals surface area contributed by atoms with E-state index < -0.39 is 16.1 Å². The average molecular weight is 431 g/mol. The molecule has 0 amide bonds. The molecule has 0 aliphatic heterocycles. The smallest absolute Gasteiger partial charge is 0.357 e. The molecule has 4 rings (SSSR count). The summed E-state index contributed by atoms with van der Waals surface area (Å²) >= 11 is 1.56. The second-order valence-corrected chi connectivity index (χ2v) is 8.50. The van der Waals surface area contributed by atoms with E-state index in [2.05, 4.69) is 15.2 Å². The summed E-state index contributed by atoms with van der Waals surface area (Å²) in [6.45, 7) is 3.78. The topological polar surface area (TPSA) is 133 Å². The number of aryl methyl sites for hydroxylation is 2. The van der Waals surface area contributed by atoms with E-state index in [9.17, 15) is 13.2 Å². The molecular weight excluding hydrogens is 414 g/mol. The molecule has 29 heavy (non-hydrogen) atoms. The molecule has 2 aromatic heterocycles. The summed E-state index contributed by atoms with van der Waals surface area (Å²) < 4.78 is 29.6. The Bertz CT molecular complexity index is 1270. The second-order valence-electron chi connectivity index (χ2n) is 6.22. The third-order valence-electron chi connectivity index (χ3n) is 3.95. The minimum absolute atomic E-state index is 0.0480. The highest BCUT2D eigenvalue weighted by molar-refractivity contribution is 7.85. The van der Waals surface area contributed by atoms with Gasteiger partial charge in [0.15, 0.2) is 5.69 Å². The summed E-state index contributed by atoms with van der Waals surface area (Å²) in [4.78, 5) is 15.3. The first-order chi connectivity index (χ1) is 13.6. The van der Waals surface area contributed by atoms with Crippen molar-refractivity contribution in [2.75, 3.05) is 0 Å². The fourth-order valence-electron chi connectivity index (χ4n) is 2.51. The fraction of sp³-hybridized carbons (Fsp3) is 0.105. The summed E-state index contributed by atoms with van der Waals surface area (Å²) in [7, 11) is -4.02. The van der Waals surface area contributed by atoms with Crippen molar-refractivity contribution in [3.05, 3.63) is 64.8 Å². The van der Waals surface area contributed by atoms with Crippen LogP contribution in [0.25, 0.3) is 21.5 Å². The zero-order chi connectivity index (χ0) is 21.2.